The first kappa shape index (κ1) is 23.1. The van der Waals surface area contributed by atoms with Crippen LogP contribution >= 0.6 is 11.6 Å². The van der Waals surface area contributed by atoms with Gasteiger partial charge in [0, 0.05) is 16.3 Å². The molecule has 1 saturated heterocycles. The van der Waals surface area contributed by atoms with Gasteiger partial charge in [-0.1, -0.05) is 35.9 Å². The summed E-state index contributed by atoms with van der Waals surface area (Å²) in [5.74, 6) is -1.92. The van der Waals surface area contributed by atoms with E-state index in [1.54, 1.807) is 54.6 Å². The molecule has 1 heterocycles. The molecule has 1 aliphatic heterocycles. The molecule has 1 N–H and O–H groups in total. The van der Waals surface area contributed by atoms with E-state index in [4.69, 9.17) is 21.1 Å². The molecule has 1 amide bonds. The maximum atomic E-state index is 13.2. The average Bonchev–Trinajstić information content (AvgIpc) is 3.13. The Morgan fingerprint density at radius 3 is 2.21 bits per heavy atom. The van der Waals surface area contributed by atoms with Gasteiger partial charge in [-0.2, -0.15) is 0 Å². The van der Waals surface area contributed by atoms with Gasteiger partial charge in [0.25, 0.3) is 11.7 Å². The predicted octanol–water partition coefficient (Wildman–Crippen LogP) is 4.76. The molecule has 3 aromatic rings. The average molecular weight is 478 g/mol. The second-order valence-electron chi connectivity index (χ2n) is 7.49. The molecular formula is C26H20ClNO6. The zero-order chi connectivity index (χ0) is 24.4. The number of carbonyl (C=O) groups excluding carboxylic acids is 3. The number of esters is 1. The normalized spacial score (nSPS) is 17.0. The number of methoxy groups -OCH3 is 2. The van der Waals surface area contributed by atoms with Crippen molar-refractivity contribution in [3.8, 4) is 5.75 Å². The third-order valence-electron chi connectivity index (χ3n) is 5.54. The minimum Gasteiger partial charge on any atom is -0.507 e. The molecule has 0 saturated carbocycles. The van der Waals surface area contributed by atoms with Crippen molar-refractivity contribution in [2.24, 2.45) is 0 Å². The Kier molecular flexibility index (Phi) is 6.38. The lowest BCUT2D eigenvalue weighted by Gasteiger charge is -2.25. The molecule has 0 radical (unpaired) electrons. The van der Waals surface area contributed by atoms with Crippen LogP contribution in [0.3, 0.4) is 0 Å². The highest BCUT2D eigenvalue weighted by atomic mass is 35.5. The number of ether oxygens (including phenoxy) is 2. The third kappa shape index (κ3) is 4.13. The quantitative estimate of drug-likeness (QED) is 0.246. The van der Waals surface area contributed by atoms with Gasteiger partial charge in [-0.25, -0.2) is 4.79 Å². The van der Waals surface area contributed by atoms with Crippen LogP contribution in [0.5, 0.6) is 5.75 Å². The van der Waals surface area contributed by atoms with E-state index >= 15 is 0 Å². The number of nitrogens with zero attached hydrogens (tertiary/aromatic N) is 1. The number of rotatable bonds is 5. The van der Waals surface area contributed by atoms with Crippen LogP contribution in [0.25, 0.3) is 5.76 Å². The van der Waals surface area contributed by atoms with Crippen molar-refractivity contribution in [1.82, 2.24) is 0 Å². The van der Waals surface area contributed by atoms with Gasteiger partial charge in [-0.3, -0.25) is 14.5 Å². The summed E-state index contributed by atoms with van der Waals surface area (Å²) in [6.07, 6.45) is 0. The van der Waals surface area contributed by atoms with Gasteiger partial charge in [0.15, 0.2) is 0 Å². The number of carbonyl (C=O) groups is 3. The molecule has 172 valence electrons. The molecule has 0 bridgehead atoms. The molecule has 1 aliphatic rings. The lowest BCUT2D eigenvalue weighted by Crippen LogP contribution is -2.29. The molecule has 0 aromatic heterocycles. The third-order valence-corrected chi connectivity index (χ3v) is 5.78. The number of anilines is 1. The Labute approximate surface area is 200 Å². The van der Waals surface area contributed by atoms with Gasteiger partial charge in [-0.15, -0.1) is 0 Å². The summed E-state index contributed by atoms with van der Waals surface area (Å²) in [7, 11) is 2.80. The predicted molar refractivity (Wildman–Crippen MR) is 127 cm³/mol. The molecule has 4 rings (SSSR count). The van der Waals surface area contributed by atoms with Crippen LogP contribution in [-0.2, 0) is 14.3 Å². The summed E-state index contributed by atoms with van der Waals surface area (Å²) in [6, 6.07) is 18.4. The van der Waals surface area contributed by atoms with Gasteiger partial charge in [0.2, 0.25) is 0 Å². The van der Waals surface area contributed by atoms with Crippen molar-refractivity contribution in [3.63, 3.8) is 0 Å². The Hall–Kier alpha value is -4.10. The zero-order valence-electron chi connectivity index (χ0n) is 18.3. The molecular weight excluding hydrogens is 458 g/mol. The van der Waals surface area contributed by atoms with Crippen molar-refractivity contribution >= 4 is 40.7 Å². The van der Waals surface area contributed by atoms with E-state index in [0.717, 1.165) is 0 Å². The second-order valence-corrected chi connectivity index (χ2v) is 7.93. The van der Waals surface area contributed by atoms with Crippen LogP contribution in [0, 0.1) is 0 Å². The van der Waals surface area contributed by atoms with E-state index in [2.05, 4.69) is 0 Å². The zero-order valence-corrected chi connectivity index (χ0v) is 19.1. The number of benzene rings is 3. The first-order chi connectivity index (χ1) is 16.3. The number of aliphatic hydroxyl groups excluding tert-OH is 1. The Morgan fingerprint density at radius 1 is 0.941 bits per heavy atom. The van der Waals surface area contributed by atoms with Crippen LogP contribution in [0.4, 0.5) is 5.69 Å². The van der Waals surface area contributed by atoms with Crippen LogP contribution in [0.15, 0.2) is 78.4 Å². The Bertz CT molecular complexity index is 1300. The van der Waals surface area contributed by atoms with E-state index in [1.807, 2.05) is 0 Å². The van der Waals surface area contributed by atoms with Crippen LogP contribution in [0.2, 0.25) is 5.02 Å². The number of halogens is 1. The van der Waals surface area contributed by atoms with Crippen molar-refractivity contribution < 1.29 is 29.0 Å². The summed E-state index contributed by atoms with van der Waals surface area (Å²) < 4.78 is 9.94. The molecule has 34 heavy (non-hydrogen) atoms. The van der Waals surface area contributed by atoms with Crippen molar-refractivity contribution in [2.45, 2.75) is 6.04 Å². The van der Waals surface area contributed by atoms with Gasteiger partial charge >= 0.3 is 5.97 Å². The number of aliphatic hydroxyl groups is 1. The molecule has 8 heteroatoms. The second kappa shape index (κ2) is 9.41. The maximum absolute atomic E-state index is 13.2. The largest absolute Gasteiger partial charge is 0.507 e. The van der Waals surface area contributed by atoms with Gasteiger partial charge in [0.1, 0.15) is 11.5 Å². The van der Waals surface area contributed by atoms with Crippen LogP contribution in [-0.4, -0.2) is 37.0 Å². The van der Waals surface area contributed by atoms with Crippen LogP contribution in [0.1, 0.15) is 27.5 Å². The monoisotopic (exact) mass is 477 g/mol. The fourth-order valence-electron chi connectivity index (χ4n) is 3.87. The maximum Gasteiger partial charge on any atom is 0.337 e. The van der Waals surface area contributed by atoms with E-state index in [-0.39, 0.29) is 11.3 Å². The minimum absolute atomic E-state index is 0.0746. The number of hydrogen-bond donors (Lipinski definition) is 1. The molecule has 1 atom stereocenters. The van der Waals surface area contributed by atoms with Crippen molar-refractivity contribution in [3.05, 3.63) is 100 Å². The SMILES string of the molecule is COC(=O)c1ccc(N2C(=O)C(=O)/C(=C(/O)c3cccc(Cl)c3)C2c2ccc(OC)cc2)cc1. The van der Waals surface area contributed by atoms with Crippen LogP contribution < -0.4 is 9.64 Å². The first-order valence-electron chi connectivity index (χ1n) is 10.2. The molecule has 7 nitrogen and oxygen atoms in total. The highest BCUT2D eigenvalue weighted by Crippen LogP contribution is 2.42. The lowest BCUT2D eigenvalue weighted by atomic mass is 9.95. The summed E-state index contributed by atoms with van der Waals surface area (Å²) in [5, 5.41) is 11.5. The van der Waals surface area contributed by atoms with E-state index in [1.165, 1.54) is 37.3 Å². The smallest absolute Gasteiger partial charge is 0.337 e. The molecule has 1 fully saturated rings. The molecule has 3 aromatic carbocycles. The fourth-order valence-corrected chi connectivity index (χ4v) is 4.06. The Morgan fingerprint density at radius 2 is 1.62 bits per heavy atom. The first-order valence-corrected chi connectivity index (χ1v) is 10.6. The van der Waals surface area contributed by atoms with E-state index in [9.17, 15) is 19.5 Å². The summed E-state index contributed by atoms with van der Waals surface area (Å²) in [4.78, 5) is 39.5. The highest BCUT2D eigenvalue weighted by molar-refractivity contribution is 6.51. The highest BCUT2D eigenvalue weighted by Gasteiger charge is 2.47. The number of amides is 1. The molecule has 0 aliphatic carbocycles. The number of hydrogen-bond acceptors (Lipinski definition) is 6. The van der Waals surface area contributed by atoms with E-state index < -0.39 is 23.7 Å². The van der Waals surface area contributed by atoms with Crippen molar-refractivity contribution in [2.75, 3.05) is 19.1 Å². The van der Waals surface area contributed by atoms with Gasteiger partial charge in [-0.05, 0) is 54.1 Å². The number of Topliss-reactive ketones (excluding diaryl/α,β-unsaturated/α-hetero) is 1. The molecule has 1 unspecified atom stereocenters. The summed E-state index contributed by atoms with van der Waals surface area (Å²) in [6.45, 7) is 0. The van der Waals surface area contributed by atoms with Crippen molar-refractivity contribution in [1.29, 1.82) is 0 Å². The van der Waals surface area contributed by atoms with Gasteiger partial charge in [0.05, 0.1) is 31.4 Å². The Balaban J connectivity index is 1.89. The van der Waals surface area contributed by atoms with E-state index in [0.29, 0.717) is 33.1 Å². The van der Waals surface area contributed by atoms with Gasteiger partial charge < -0.3 is 14.6 Å². The standard InChI is InChI=1S/C26H20ClNO6/c1-33-20-12-8-15(9-13-20)22-21(23(29)17-4-3-5-18(27)14-17)24(30)25(31)28(22)19-10-6-16(7-11-19)26(32)34-2/h3-14,22,29H,1-2H3/b23-21+. The lowest BCUT2D eigenvalue weighted by molar-refractivity contribution is -0.132. The minimum atomic E-state index is -0.922. The number of ketones is 1. The topological polar surface area (TPSA) is 93.1 Å². The fraction of sp³-hybridized carbons (Fsp3) is 0.115. The summed E-state index contributed by atoms with van der Waals surface area (Å²) in [5.41, 5.74) is 1.49. The molecule has 0 spiro atoms. The summed E-state index contributed by atoms with van der Waals surface area (Å²) >= 11 is 6.08.